The van der Waals surface area contributed by atoms with E-state index in [0.717, 1.165) is 17.4 Å². The van der Waals surface area contributed by atoms with E-state index in [1.807, 2.05) is 31.2 Å². The fourth-order valence-electron chi connectivity index (χ4n) is 2.70. The molecular formula is C17H17F2NO. The number of benzene rings is 2. The third-order valence-corrected chi connectivity index (χ3v) is 3.64. The van der Waals surface area contributed by atoms with Crippen LogP contribution in [0.3, 0.4) is 0 Å². The molecule has 0 aromatic heterocycles. The summed E-state index contributed by atoms with van der Waals surface area (Å²) in [5, 5.41) is 0. The Morgan fingerprint density at radius 2 is 1.95 bits per heavy atom. The Kier molecular flexibility index (Phi) is 3.88. The van der Waals surface area contributed by atoms with Crippen LogP contribution in [0, 0.1) is 11.6 Å². The lowest BCUT2D eigenvalue weighted by Crippen LogP contribution is -2.30. The lowest BCUT2D eigenvalue weighted by molar-refractivity contribution is 0.155. The molecule has 1 atom stereocenters. The molecule has 110 valence electrons. The maximum Gasteiger partial charge on any atom is 0.163 e. The molecule has 0 saturated heterocycles. The average molecular weight is 289 g/mol. The van der Waals surface area contributed by atoms with E-state index >= 15 is 0 Å². The first-order valence-corrected chi connectivity index (χ1v) is 7.03. The Labute approximate surface area is 123 Å². The van der Waals surface area contributed by atoms with Crippen LogP contribution < -0.4 is 4.74 Å². The molecule has 0 aliphatic carbocycles. The highest BCUT2D eigenvalue weighted by atomic mass is 19.2. The van der Waals surface area contributed by atoms with Crippen LogP contribution in [0.4, 0.5) is 8.78 Å². The summed E-state index contributed by atoms with van der Waals surface area (Å²) in [5.74, 6) is -0.692. The number of fused-ring (bicyclic) bond motifs is 1. The SMILES string of the molecule is CC1CN(Cc2cccc(F)c2F)Cc2ccccc2O1. The van der Waals surface area contributed by atoms with Crippen LogP contribution in [-0.4, -0.2) is 17.5 Å². The first kappa shape index (κ1) is 14.0. The molecule has 2 aromatic carbocycles. The second-order valence-corrected chi connectivity index (χ2v) is 5.42. The van der Waals surface area contributed by atoms with E-state index in [-0.39, 0.29) is 6.10 Å². The minimum Gasteiger partial charge on any atom is -0.489 e. The quantitative estimate of drug-likeness (QED) is 0.835. The Balaban J connectivity index is 1.84. The molecular weight excluding hydrogens is 272 g/mol. The van der Waals surface area contributed by atoms with Gasteiger partial charge in [-0.05, 0) is 19.1 Å². The second kappa shape index (κ2) is 5.82. The second-order valence-electron chi connectivity index (χ2n) is 5.42. The molecule has 0 fully saturated rings. The first-order chi connectivity index (χ1) is 10.1. The third kappa shape index (κ3) is 3.05. The Morgan fingerprint density at radius 1 is 1.14 bits per heavy atom. The van der Waals surface area contributed by atoms with Gasteiger partial charge in [-0.25, -0.2) is 8.78 Å². The standard InChI is InChI=1S/C17H17F2NO/c1-12-9-20(10-13-5-2-3-8-16(13)21-12)11-14-6-4-7-15(18)17(14)19/h2-8,12H,9-11H2,1H3. The zero-order valence-electron chi connectivity index (χ0n) is 11.9. The molecule has 1 aliphatic heterocycles. The summed E-state index contributed by atoms with van der Waals surface area (Å²) in [7, 11) is 0. The van der Waals surface area contributed by atoms with Crippen molar-refractivity contribution >= 4 is 0 Å². The summed E-state index contributed by atoms with van der Waals surface area (Å²) in [5.41, 5.74) is 1.44. The van der Waals surface area contributed by atoms with Crippen molar-refractivity contribution < 1.29 is 13.5 Å². The topological polar surface area (TPSA) is 12.5 Å². The number of nitrogens with zero attached hydrogens (tertiary/aromatic N) is 1. The normalized spacial score (nSPS) is 18.7. The summed E-state index contributed by atoms with van der Waals surface area (Å²) >= 11 is 0. The van der Waals surface area contributed by atoms with Crippen molar-refractivity contribution in [1.29, 1.82) is 0 Å². The minimum atomic E-state index is -0.799. The predicted molar refractivity (Wildman–Crippen MR) is 77.0 cm³/mol. The van der Waals surface area contributed by atoms with E-state index in [1.54, 1.807) is 12.1 Å². The summed E-state index contributed by atoms with van der Waals surface area (Å²) in [4.78, 5) is 2.08. The molecule has 0 N–H and O–H groups in total. The molecule has 0 bridgehead atoms. The van der Waals surface area contributed by atoms with Gasteiger partial charge in [-0.3, -0.25) is 4.90 Å². The number of ether oxygens (including phenoxy) is 1. The van der Waals surface area contributed by atoms with Crippen molar-refractivity contribution in [1.82, 2.24) is 4.90 Å². The van der Waals surface area contributed by atoms with E-state index in [9.17, 15) is 8.78 Å². The Bertz CT molecular complexity index is 644. The molecule has 0 spiro atoms. The van der Waals surface area contributed by atoms with Crippen molar-refractivity contribution in [3.8, 4) is 5.75 Å². The molecule has 4 heteroatoms. The van der Waals surface area contributed by atoms with E-state index in [4.69, 9.17) is 4.74 Å². The number of halogens is 2. The van der Waals surface area contributed by atoms with Gasteiger partial charge >= 0.3 is 0 Å². The zero-order chi connectivity index (χ0) is 14.8. The summed E-state index contributed by atoms with van der Waals surface area (Å²) in [6.45, 7) is 3.68. The summed E-state index contributed by atoms with van der Waals surface area (Å²) in [6, 6.07) is 12.1. The molecule has 1 unspecified atom stereocenters. The maximum absolute atomic E-state index is 13.8. The van der Waals surface area contributed by atoms with Gasteiger partial charge in [-0.1, -0.05) is 30.3 Å². The number of hydrogen-bond donors (Lipinski definition) is 0. The largest absolute Gasteiger partial charge is 0.489 e. The minimum absolute atomic E-state index is 0.00488. The van der Waals surface area contributed by atoms with Crippen LogP contribution in [0.15, 0.2) is 42.5 Å². The first-order valence-electron chi connectivity index (χ1n) is 7.03. The lowest BCUT2D eigenvalue weighted by atomic mass is 10.1. The van der Waals surface area contributed by atoms with Gasteiger partial charge in [0.2, 0.25) is 0 Å². The van der Waals surface area contributed by atoms with Gasteiger partial charge in [-0.15, -0.1) is 0 Å². The van der Waals surface area contributed by atoms with Crippen LogP contribution in [0.2, 0.25) is 0 Å². The van der Waals surface area contributed by atoms with E-state index < -0.39 is 11.6 Å². The highest BCUT2D eigenvalue weighted by molar-refractivity contribution is 5.34. The third-order valence-electron chi connectivity index (χ3n) is 3.64. The van der Waals surface area contributed by atoms with Crippen LogP contribution in [0.1, 0.15) is 18.1 Å². The molecule has 3 rings (SSSR count). The van der Waals surface area contributed by atoms with Crippen molar-refractivity contribution in [2.24, 2.45) is 0 Å². The lowest BCUT2D eigenvalue weighted by Gasteiger charge is -2.22. The van der Waals surface area contributed by atoms with Gasteiger partial charge in [0.1, 0.15) is 11.9 Å². The fraction of sp³-hybridized carbons (Fsp3) is 0.294. The summed E-state index contributed by atoms with van der Waals surface area (Å²) < 4.78 is 33.0. The highest BCUT2D eigenvalue weighted by Gasteiger charge is 2.21. The van der Waals surface area contributed by atoms with Gasteiger partial charge in [0.25, 0.3) is 0 Å². The molecule has 0 saturated carbocycles. The van der Waals surface area contributed by atoms with E-state index in [0.29, 0.717) is 25.2 Å². The zero-order valence-corrected chi connectivity index (χ0v) is 11.9. The molecule has 21 heavy (non-hydrogen) atoms. The monoisotopic (exact) mass is 289 g/mol. The molecule has 2 aromatic rings. The van der Waals surface area contributed by atoms with Crippen LogP contribution >= 0.6 is 0 Å². The molecule has 0 amide bonds. The van der Waals surface area contributed by atoms with Gasteiger partial charge < -0.3 is 4.74 Å². The fourth-order valence-corrected chi connectivity index (χ4v) is 2.70. The van der Waals surface area contributed by atoms with Crippen LogP contribution in [0.25, 0.3) is 0 Å². The predicted octanol–water partition coefficient (Wildman–Crippen LogP) is 3.75. The summed E-state index contributed by atoms with van der Waals surface area (Å²) in [6.07, 6.45) is 0.00488. The van der Waals surface area contributed by atoms with E-state index in [2.05, 4.69) is 4.90 Å². The Morgan fingerprint density at radius 3 is 2.81 bits per heavy atom. The maximum atomic E-state index is 13.8. The number of rotatable bonds is 2. The molecule has 1 heterocycles. The van der Waals surface area contributed by atoms with E-state index in [1.165, 1.54) is 0 Å². The van der Waals surface area contributed by atoms with Crippen molar-refractivity contribution in [2.45, 2.75) is 26.1 Å². The Hall–Kier alpha value is -1.94. The van der Waals surface area contributed by atoms with Gasteiger partial charge in [-0.2, -0.15) is 0 Å². The molecule has 0 radical (unpaired) electrons. The van der Waals surface area contributed by atoms with Crippen molar-refractivity contribution in [2.75, 3.05) is 6.54 Å². The molecule has 2 nitrogen and oxygen atoms in total. The number of para-hydroxylation sites is 1. The van der Waals surface area contributed by atoms with Gasteiger partial charge in [0.05, 0.1) is 0 Å². The van der Waals surface area contributed by atoms with Crippen molar-refractivity contribution in [3.05, 3.63) is 65.2 Å². The molecule has 1 aliphatic rings. The van der Waals surface area contributed by atoms with Crippen LogP contribution in [-0.2, 0) is 13.1 Å². The highest BCUT2D eigenvalue weighted by Crippen LogP contribution is 2.26. The van der Waals surface area contributed by atoms with Crippen molar-refractivity contribution in [3.63, 3.8) is 0 Å². The van der Waals surface area contributed by atoms with Crippen LogP contribution in [0.5, 0.6) is 5.75 Å². The average Bonchev–Trinajstić information content (AvgIpc) is 2.61. The number of hydrogen-bond acceptors (Lipinski definition) is 2. The smallest absolute Gasteiger partial charge is 0.163 e. The van der Waals surface area contributed by atoms with Gasteiger partial charge in [0.15, 0.2) is 11.6 Å². The van der Waals surface area contributed by atoms with Gasteiger partial charge in [0, 0.05) is 30.8 Å².